The van der Waals surface area contributed by atoms with Crippen LogP contribution in [-0.2, 0) is 9.36 Å². The lowest BCUT2D eigenvalue weighted by molar-refractivity contribution is -0.117. The molecular weight excluding hydrogens is 239 g/mol. The highest BCUT2D eigenvalue weighted by molar-refractivity contribution is 7.52. The minimum Gasteiger partial charge on any atom is -0.324 e. The van der Waals surface area contributed by atoms with E-state index in [1.807, 2.05) is 0 Å². The molecule has 0 aromatic carbocycles. The number of ketones is 1. The number of hydrogen-bond donors (Lipinski definition) is 2. The number of rotatable bonds is 8. The molecular formula is C12H23O4P. The Bertz CT molecular complexity index is 278. The van der Waals surface area contributed by atoms with Crippen LogP contribution in [0.25, 0.3) is 0 Å². The summed E-state index contributed by atoms with van der Waals surface area (Å²) in [4.78, 5) is 28.4. The van der Waals surface area contributed by atoms with Crippen molar-refractivity contribution >= 4 is 13.4 Å². The molecule has 1 saturated carbocycles. The molecule has 0 spiro atoms. The van der Waals surface area contributed by atoms with Gasteiger partial charge < -0.3 is 9.79 Å². The minimum absolute atomic E-state index is 0.306. The smallest absolute Gasteiger partial charge is 0.324 e. The first-order valence-electron chi connectivity index (χ1n) is 6.53. The fourth-order valence-electron chi connectivity index (χ4n) is 2.54. The van der Waals surface area contributed by atoms with E-state index in [4.69, 9.17) is 9.79 Å². The highest BCUT2D eigenvalue weighted by atomic mass is 31.2. The molecule has 0 bridgehead atoms. The van der Waals surface area contributed by atoms with E-state index in [2.05, 4.69) is 0 Å². The van der Waals surface area contributed by atoms with Gasteiger partial charge in [0.05, 0.1) is 0 Å². The second-order valence-corrected chi connectivity index (χ2v) is 6.76. The van der Waals surface area contributed by atoms with Crippen LogP contribution in [-0.4, -0.2) is 21.7 Å². The molecule has 4 nitrogen and oxygen atoms in total. The van der Waals surface area contributed by atoms with Gasteiger partial charge in [-0.05, 0) is 12.3 Å². The number of Topliss-reactive ketones (excluding diaryl/α,β-unsaturated/α-hetero) is 1. The van der Waals surface area contributed by atoms with Crippen LogP contribution in [0.4, 0.5) is 0 Å². The Morgan fingerprint density at radius 2 is 1.76 bits per heavy atom. The Kier molecular flexibility index (Phi) is 6.39. The summed E-state index contributed by atoms with van der Waals surface area (Å²) in [6, 6.07) is 0. The Morgan fingerprint density at radius 1 is 1.12 bits per heavy atom. The lowest BCUT2D eigenvalue weighted by atomic mass is 9.99. The third-order valence-electron chi connectivity index (χ3n) is 3.43. The van der Waals surface area contributed by atoms with Crippen molar-refractivity contribution in [2.75, 3.05) is 6.16 Å². The summed E-state index contributed by atoms with van der Waals surface area (Å²) >= 11 is 0. The first-order valence-corrected chi connectivity index (χ1v) is 8.33. The molecule has 0 heterocycles. The molecule has 1 aliphatic rings. The average Bonchev–Trinajstić information content (AvgIpc) is 2.67. The lowest BCUT2D eigenvalue weighted by Crippen LogP contribution is -2.04. The topological polar surface area (TPSA) is 74.6 Å². The molecule has 100 valence electrons. The van der Waals surface area contributed by atoms with Crippen LogP contribution >= 0.6 is 7.60 Å². The van der Waals surface area contributed by atoms with Crippen molar-refractivity contribution in [3.8, 4) is 0 Å². The van der Waals surface area contributed by atoms with Gasteiger partial charge >= 0.3 is 7.60 Å². The molecule has 1 aliphatic carbocycles. The fraction of sp³-hybridized carbons (Fsp3) is 0.917. The van der Waals surface area contributed by atoms with Crippen LogP contribution in [0.15, 0.2) is 0 Å². The van der Waals surface area contributed by atoms with E-state index >= 15 is 0 Å². The van der Waals surface area contributed by atoms with E-state index in [1.165, 1.54) is 32.1 Å². The van der Waals surface area contributed by atoms with E-state index in [-0.39, 0.29) is 5.78 Å². The minimum atomic E-state index is -4.14. The summed E-state index contributed by atoms with van der Waals surface area (Å²) in [5, 5.41) is 0. The van der Waals surface area contributed by atoms with Crippen LogP contribution < -0.4 is 0 Å². The Morgan fingerprint density at radius 3 is 2.35 bits per heavy atom. The maximum atomic E-state index is 11.2. The van der Waals surface area contributed by atoms with Crippen molar-refractivity contribution < 1.29 is 19.1 Å². The molecule has 17 heavy (non-hydrogen) atoms. The van der Waals surface area contributed by atoms with E-state index in [0.717, 1.165) is 25.2 Å². The van der Waals surface area contributed by atoms with Gasteiger partial charge in [0.25, 0.3) is 0 Å². The van der Waals surface area contributed by atoms with Gasteiger partial charge in [-0.15, -0.1) is 0 Å². The van der Waals surface area contributed by atoms with Crippen LogP contribution in [0, 0.1) is 5.92 Å². The predicted molar refractivity (Wildman–Crippen MR) is 67.0 cm³/mol. The Balaban J connectivity index is 1.96. The number of hydrogen-bond acceptors (Lipinski definition) is 2. The molecule has 1 fully saturated rings. The fourth-order valence-corrected chi connectivity index (χ4v) is 3.16. The van der Waals surface area contributed by atoms with Gasteiger partial charge in [-0.3, -0.25) is 9.36 Å². The van der Waals surface area contributed by atoms with Crippen molar-refractivity contribution in [1.82, 2.24) is 0 Å². The third kappa shape index (κ3) is 7.69. The van der Waals surface area contributed by atoms with E-state index in [1.54, 1.807) is 0 Å². The van der Waals surface area contributed by atoms with Crippen molar-refractivity contribution in [2.24, 2.45) is 5.92 Å². The molecule has 0 radical (unpaired) electrons. The second-order valence-electron chi connectivity index (χ2n) is 5.11. The summed E-state index contributed by atoms with van der Waals surface area (Å²) in [5.74, 6) is 0.583. The maximum Gasteiger partial charge on any atom is 0.332 e. The second kappa shape index (κ2) is 7.30. The Labute approximate surface area is 103 Å². The van der Waals surface area contributed by atoms with Gasteiger partial charge in [-0.2, -0.15) is 0 Å². The first-order chi connectivity index (χ1) is 7.97. The van der Waals surface area contributed by atoms with E-state index < -0.39 is 13.8 Å². The standard InChI is InChI=1S/C12H23O4P/c13-12(10-17(14,15)16)9-3-1-2-6-11-7-4-5-8-11/h11H,1-10H2,(H2,14,15,16). The van der Waals surface area contributed by atoms with Crippen LogP contribution in [0.2, 0.25) is 0 Å². The summed E-state index contributed by atoms with van der Waals surface area (Å²) < 4.78 is 10.6. The van der Waals surface area contributed by atoms with Gasteiger partial charge in [0.2, 0.25) is 0 Å². The van der Waals surface area contributed by atoms with Gasteiger partial charge in [0.1, 0.15) is 11.9 Å². The summed E-state index contributed by atoms with van der Waals surface area (Å²) in [5.41, 5.74) is 0. The molecule has 2 N–H and O–H groups in total. The van der Waals surface area contributed by atoms with Gasteiger partial charge in [-0.25, -0.2) is 0 Å². The highest BCUT2D eigenvalue weighted by Gasteiger charge is 2.18. The lowest BCUT2D eigenvalue weighted by Gasteiger charge is -2.08. The number of unbranched alkanes of at least 4 members (excludes halogenated alkanes) is 2. The first kappa shape index (κ1) is 14.9. The highest BCUT2D eigenvalue weighted by Crippen LogP contribution is 2.34. The zero-order valence-electron chi connectivity index (χ0n) is 10.3. The predicted octanol–water partition coefficient (Wildman–Crippen LogP) is 2.87. The molecule has 0 aliphatic heterocycles. The van der Waals surface area contributed by atoms with Crippen molar-refractivity contribution in [1.29, 1.82) is 0 Å². The summed E-state index contributed by atoms with van der Waals surface area (Å²) in [6.45, 7) is 0. The molecule has 0 amide bonds. The maximum absolute atomic E-state index is 11.2. The molecule has 0 aromatic rings. The molecule has 0 unspecified atom stereocenters. The van der Waals surface area contributed by atoms with E-state index in [9.17, 15) is 9.36 Å². The zero-order valence-corrected chi connectivity index (χ0v) is 11.2. The zero-order chi connectivity index (χ0) is 12.7. The third-order valence-corrected chi connectivity index (χ3v) is 4.19. The van der Waals surface area contributed by atoms with Crippen molar-refractivity contribution in [3.63, 3.8) is 0 Å². The molecule has 0 saturated heterocycles. The quantitative estimate of drug-likeness (QED) is 0.521. The normalized spacial score (nSPS) is 17.5. The van der Waals surface area contributed by atoms with Crippen LogP contribution in [0.1, 0.15) is 57.8 Å². The molecule has 0 aromatic heterocycles. The monoisotopic (exact) mass is 262 g/mol. The summed E-state index contributed by atoms with van der Waals surface area (Å²) in [6.07, 6.45) is 9.35. The molecule has 1 rings (SSSR count). The molecule has 5 heteroatoms. The van der Waals surface area contributed by atoms with E-state index in [0.29, 0.717) is 6.42 Å². The largest absolute Gasteiger partial charge is 0.332 e. The van der Waals surface area contributed by atoms with Crippen LogP contribution in [0.5, 0.6) is 0 Å². The van der Waals surface area contributed by atoms with Crippen molar-refractivity contribution in [2.45, 2.75) is 57.8 Å². The van der Waals surface area contributed by atoms with Gasteiger partial charge in [0.15, 0.2) is 0 Å². The average molecular weight is 262 g/mol. The SMILES string of the molecule is O=C(CCCCCC1CCCC1)CP(=O)(O)O. The Hall–Kier alpha value is -0.180. The summed E-state index contributed by atoms with van der Waals surface area (Å²) in [7, 11) is -4.14. The van der Waals surface area contributed by atoms with Crippen LogP contribution in [0.3, 0.4) is 0 Å². The van der Waals surface area contributed by atoms with Gasteiger partial charge in [-0.1, -0.05) is 44.9 Å². The number of carbonyl (C=O) groups excluding carboxylic acids is 1. The van der Waals surface area contributed by atoms with Gasteiger partial charge in [0, 0.05) is 6.42 Å². The molecule has 0 atom stereocenters. The van der Waals surface area contributed by atoms with Crippen molar-refractivity contribution in [3.05, 3.63) is 0 Å². The number of carbonyl (C=O) groups is 1.